The summed E-state index contributed by atoms with van der Waals surface area (Å²) in [6.45, 7) is 4.38. The van der Waals surface area contributed by atoms with E-state index < -0.39 is 12.8 Å². The Balaban J connectivity index is 0.00000392. The van der Waals surface area contributed by atoms with Gasteiger partial charge in [0.05, 0.1) is 19.8 Å². The maximum absolute atomic E-state index is 12.2. The number of ether oxygens (including phenoxy) is 2. The number of guanidine groups is 1. The van der Waals surface area contributed by atoms with Crippen molar-refractivity contribution in [3.8, 4) is 0 Å². The van der Waals surface area contributed by atoms with E-state index in [1.54, 1.807) is 6.07 Å². The summed E-state index contributed by atoms with van der Waals surface area (Å²) in [5.41, 5.74) is 1.63. The SMILES string of the molecule is CCNC(=NCc1cccc(COCC(F)(F)F)c1)N(C)CC1CCOC1.I. The molecule has 0 spiro atoms. The average Bonchev–Trinajstić information content (AvgIpc) is 3.10. The zero-order valence-electron chi connectivity index (χ0n) is 16.3. The number of rotatable bonds is 8. The van der Waals surface area contributed by atoms with Gasteiger partial charge in [-0.2, -0.15) is 13.2 Å². The van der Waals surface area contributed by atoms with E-state index in [0.717, 1.165) is 44.2 Å². The molecular formula is C19H29F3IN3O2. The van der Waals surface area contributed by atoms with Crippen LogP contribution in [0.3, 0.4) is 0 Å². The number of aliphatic imine (C=N–C) groups is 1. The zero-order chi connectivity index (χ0) is 19.7. The van der Waals surface area contributed by atoms with Gasteiger partial charge in [0.2, 0.25) is 0 Å². The standard InChI is InChI=1S/C19H28F3N3O2.HI/c1-3-23-18(25(2)11-17-7-8-26-13-17)24-10-15-5-4-6-16(9-15)12-27-14-19(20,21)22;/h4-6,9,17H,3,7-8,10-14H2,1-2H3,(H,23,24);1H. The maximum Gasteiger partial charge on any atom is 0.411 e. The van der Waals surface area contributed by atoms with Crippen molar-refractivity contribution in [2.45, 2.75) is 32.7 Å². The molecule has 1 aromatic rings. The van der Waals surface area contributed by atoms with Crippen LogP contribution in [0, 0.1) is 5.92 Å². The van der Waals surface area contributed by atoms with Crippen molar-refractivity contribution in [2.75, 3.05) is 40.0 Å². The first-order valence-corrected chi connectivity index (χ1v) is 9.17. The Morgan fingerprint density at radius 2 is 2.11 bits per heavy atom. The summed E-state index contributed by atoms with van der Waals surface area (Å²) in [5, 5.41) is 3.28. The van der Waals surface area contributed by atoms with Gasteiger partial charge in [0, 0.05) is 32.7 Å². The quantitative estimate of drug-likeness (QED) is 0.325. The Morgan fingerprint density at radius 3 is 2.75 bits per heavy atom. The zero-order valence-corrected chi connectivity index (χ0v) is 18.6. The molecule has 0 aromatic heterocycles. The van der Waals surface area contributed by atoms with Gasteiger partial charge in [-0.25, -0.2) is 4.99 Å². The van der Waals surface area contributed by atoms with Crippen LogP contribution in [-0.2, 0) is 22.6 Å². The maximum atomic E-state index is 12.2. The average molecular weight is 515 g/mol. The van der Waals surface area contributed by atoms with Gasteiger partial charge in [-0.3, -0.25) is 0 Å². The number of hydrogen-bond acceptors (Lipinski definition) is 3. The highest BCUT2D eigenvalue weighted by molar-refractivity contribution is 14.0. The third kappa shape index (κ3) is 9.42. The first-order chi connectivity index (χ1) is 12.9. The van der Waals surface area contributed by atoms with Crippen LogP contribution < -0.4 is 5.32 Å². The second-order valence-corrected chi connectivity index (χ2v) is 6.71. The van der Waals surface area contributed by atoms with Crippen molar-refractivity contribution >= 4 is 29.9 Å². The molecule has 1 heterocycles. The number of nitrogens with one attached hydrogen (secondary N) is 1. The van der Waals surface area contributed by atoms with Crippen LogP contribution in [0.5, 0.6) is 0 Å². The molecule has 1 unspecified atom stereocenters. The first kappa shape index (κ1) is 25.0. The van der Waals surface area contributed by atoms with Crippen molar-refractivity contribution in [1.29, 1.82) is 0 Å². The van der Waals surface area contributed by atoms with Gasteiger partial charge in [-0.1, -0.05) is 24.3 Å². The van der Waals surface area contributed by atoms with E-state index in [9.17, 15) is 13.2 Å². The van der Waals surface area contributed by atoms with Crippen LogP contribution in [0.1, 0.15) is 24.5 Å². The predicted molar refractivity (Wildman–Crippen MR) is 114 cm³/mol. The number of alkyl halides is 3. The molecule has 1 aliphatic rings. The highest BCUT2D eigenvalue weighted by Crippen LogP contribution is 2.16. The monoisotopic (exact) mass is 515 g/mol. The Morgan fingerprint density at radius 1 is 1.36 bits per heavy atom. The summed E-state index contributed by atoms with van der Waals surface area (Å²) in [6.07, 6.45) is -3.25. The minimum atomic E-state index is -4.31. The molecule has 0 amide bonds. The fourth-order valence-electron chi connectivity index (χ4n) is 2.94. The third-order valence-electron chi connectivity index (χ3n) is 4.19. The Bertz CT molecular complexity index is 608. The second-order valence-electron chi connectivity index (χ2n) is 6.71. The molecule has 1 fully saturated rings. The Kier molecular flexibility index (Phi) is 11.1. The van der Waals surface area contributed by atoms with E-state index in [0.29, 0.717) is 18.0 Å². The van der Waals surface area contributed by atoms with Crippen LogP contribution in [-0.4, -0.2) is 57.0 Å². The summed E-state index contributed by atoms with van der Waals surface area (Å²) < 4.78 is 46.7. The van der Waals surface area contributed by atoms with Crippen LogP contribution in [0.2, 0.25) is 0 Å². The Labute approximate surface area is 181 Å². The summed E-state index contributed by atoms with van der Waals surface area (Å²) in [4.78, 5) is 6.75. The summed E-state index contributed by atoms with van der Waals surface area (Å²) in [5.74, 6) is 1.32. The lowest BCUT2D eigenvalue weighted by atomic mass is 10.1. The number of benzene rings is 1. The van der Waals surface area contributed by atoms with Gasteiger partial charge in [-0.15, -0.1) is 24.0 Å². The van der Waals surface area contributed by atoms with E-state index in [-0.39, 0.29) is 30.6 Å². The van der Waals surface area contributed by atoms with Crippen molar-refractivity contribution in [2.24, 2.45) is 10.9 Å². The van der Waals surface area contributed by atoms with E-state index in [1.165, 1.54) is 0 Å². The molecular weight excluding hydrogens is 486 g/mol. The highest BCUT2D eigenvalue weighted by atomic mass is 127. The molecule has 0 radical (unpaired) electrons. The first-order valence-electron chi connectivity index (χ1n) is 9.17. The van der Waals surface area contributed by atoms with Gasteiger partial charge < -0.3 is 19.7 Å². The van der Waals surface area contributed by atoms with Crippen molar-refractivity contribution in [3.63, 3.8) is 0 Å². The van der Waals surface area contributed by atoms with Gasteiger partial charge in [0.15, 0.2) is 5.96 Å². The largest absolute Gasteiger partial charge is 0.411 e. The van der Waals surface area contributed by atoms with Crippen molar-refractivity contribution < 1.29 is 22.6 Å². The Hall–Kier alpha value is -1.07. The molecule has 1 saturated heterocycles. The molecule has 0 saturated carbocycles. The molecule has 9 heteroatoms. The van der Waals surface area contributed by atoms with Gasteiger partial charge in [-0.05, 0) is 24.5 Å². The molecule has 28 heavy (non-hydrogen) atoms. The topological polar surface area (TPSA) is 46.1 Å². The molecule has 1 aliphatic heterocycles. The van der Waals surface area contributed by atoms with Gasteiger partial charge in [0.25, 0.3) is 0 Å². The van der Waals surface area contributed by atoms with E-state index in [1.807, 2.05) is 32.2 Å². The number of hydrogen-bond donors (Lipinski definition) is 1. The fourth-order valence-corrected chi connectivity index (χ4v) is 2.94. The minimum absolute atomic E-state index is 0. The summed E-state index contributed by atoms with van der Waals surface area (Å²) in [6, 6.07) is 7.30. The predicted octanol–water partition coefficient (Wildman–Crippen LogP) is 3.82. The lowest BCUT2D eigenvalue weighted by Gasteiger charge is -2.24. The van der Waals surface area contributed by atoms with E-state index in [2.05, 4.69) is 15.2 Å². The molecule has 160 valence electrons. The second kappa shape index (κ2) is 12.5. The molecule has 0 bridgehead atoms. The van der Waals surface area contributed by atoms with Gasteiger partial charge in [0.1, 0.15) is 6.61 Å². The molecule has 1 atom stereocenters. The minimum Gasteiger partial charge on any atom is -0.381 e. The molecule has 1 N–H and O–H groups in total. The molecule has 0 aliphatic carbocycles. The lowest BCUT2D eigenvalue weighted by Crippen LogP contribution is -2.41. The van der Waals surface area contributed by atoms with Gasteiger partial charge >= 0.3 is 6.18 Å². The smallest absolute Gasteiger partial charge is 0.381 e. The van der Waals surface area contributed by atoms with Crippen LogP contribution in [0.15, 0.2) is 29.3 Å². The number of nitrogens with zero attached hydrogens (tertiary/aromatic N) is 2. The van der Waals surface area contributed by atoms with E-state index in [4.69, 9.17) is 9.47 Å². The molecule has 5 nitrogen and oxygen atoms in total. The van der Waals surface area contributed by atoms with Crippen LogP contribution in [0.25, 0.3) is 0 Å². The highest BCUT2D eigenvalue weighted by Gasteiger charge is 2.27. The van der Waals surface area contributed by atoms with Crippen molar-refractivity contribution in [3.05, 3.63) is 35.4 Å². The molecule has 2 rings (SSSR count). The third-order valence-corrected chi connectivity index (χ3v) is 4.19. The van der Waals surface area contributed by atoms with Crippen LogP contribution in [0.4, 0.5) is 13.2 Å². The fraction of sp³-hybridized carbons (Fsp3) is 0.632. The van der Waals surface area contributed by atoms with Crippen LogP contribution >= 0.6 is 24.0 Å². The molecule has 1 aromatic carbocycles. The van der Waals surface area contributed by atoms with Crippen molar-refractivity contribution in [1.82, 2.24) is 10.2 Å². The number of halogens is 4. The normalized spacial score (nSPS) is 17.3. The van der Waals surface area contributed by atoms with E-state index >= 15 is 0 Å². The summed E-state index contributed by atoms with van der Waals surface area (Å²) >= 11 is 0. The lowest BCUT2D eigenvalue weighted by molar-refractivity contribution is -0.176. The summed E-state index contributed by atoms with van der Waals surface area (Å²) in [7, 11) is 2.00.